The molecule has 0 aliphatic rings. The second-order valence-electron chi connectivity index (χ2n) is 3.44. The molecule has 1 N–H and O–H groups in total. The minimum atomic E-state index is -0.0576. The number of pyridine rings is 2. The summed E-state index contributed by atoms with van der Waals surface area (Å²) < 4.78 is 0. The fourth-order valence-electron chi connectivity index (χ4n) is 1.77. The fourth-order valence-corrected chi connectivity index (χ4v) is 1.77. The fraction of sp³-hybridized carbons (Fsp3) is 0. The maximum Gasteiger partial charge on any atom is 0.197 e. The number of hydrogen-bond acceptors (Lipinski definition) is 2. The van der Waals surface area contributed by atoms with Gasteiger partial charge in [0.15, 0.2) is 5.43 Å². The van der Waals surface area contributed by atoms with Gasteiger partial charge in [-0.2, -0.15) is 0 Å². The lowest BCUT2D eigenvalue weighted by Crippen LogP contribution is -1.98. The number of H-pyrrole nitrogens is 1. The Morgan fingerprint density at radius 1 is 1.12 bits per heavy atom. The minimum Gasteiger partial charge on any atom is -0.359 e. The van der Waals surface area contributed by atoms with Crippen LogP contribution in [-0.2, 0) is 0 Å². The molecule has 16 heavy (non-hydrogen) atoms. The maximum atomic E-state index is 11.1. The van der Waals surface area contributed by atoms with Gasteiger partial charge in [-0.05, 0) is 12.1 Å². The van der Waals surface area contributed by atoms with Crippen molar-refractivity contribution >= 4 is 34.2 Å². The van der Waals surface area contributed by atoms with Crippen molar-refractivity contribution in [2.45, 2.75) is 0 Å². The molecule has 0 atom stereocenters. The monoisotopic (exact) mass is 232 g/mol. The molecule has 2 heterocycles. The Morgan fingerprint density at radius 2 is 1.94 bits per heavy atom. The van der Waals surface area contributed by atoms with Crippen molar-refractivity contribution in [1.29, 1.82) is 0 Å². The number of rotatable bonds is 0. The van der Waals surface area contributed by atoms with Gasteiger partial charge in [0.2, 0.25) is 0 Å². The van der Waals surface area contributed by atoms with Crippen molar-refractivity contribution in [1.82, 2.24) is 9.97 Å². The molecule has 4 heteroatoms. The van der Waals surface area contributed by atoms with E-state index in [1.165, 1.54) is 6.20 Å². The van der Waals surface area contributed by atoms with Gasteiger partial charge in [0, 0.05) is 17.0 Å². The number of halogens is 1. The van der Waals surface area contributed by atoms with Gasteiger partial charge in [0.1, 0.15) is 0 Å². The van der Waals surface area contributed by atoms with Crippen LogP contribution in [0.3, 0.4) is 0 Å². The quantitative estimate of drug-likeness (QED) is 0.606. The Kier molecular flexibility index (Phi) is 2.62. The predicted molar refractivity (Wildman–Crippen MR) is 67.1 cm³/mol. The molecule has 0 saturated carbocycles. The lowest BCUT2D eigenvalue weighted by Gasteiger charge is -2.01. The lowest BCUT2D eigenvalue weighted by molar-refractivity contribution is 1.35. The number of aromatic amines is 1. The van der Waals surface area contributed by atoms with E-state index in [-0.39, 0.29) is 17.8 Å². The first-order chi connectivity index (χ1) is 7.34. The molecular weight excluding hydrogens is 224 g/mol. The van der Waals surface area contributed by atoms with E-state index < -0.39 is 0 Å². The second-order valence-corrected chi connectivity index (χ2v) is 3.44. The summed E-state index contributed by atoms with van der Waals surface area (Å²) >= 11 is 0. The lowest BCUT2D eigenvalue weighted by atomic mass is 10.1. The van der Waals surface area contributed by atoms with Crippen molar-refractivity contribution in [2.24, 2.45) is 0 Å². The van der Waals surface area contributed by atoms with Crippen LogP contribution in [0.1, 0.15) is 0 Å². The highest BCUT2D eigenvalue weighted by Gasteiger charge is 2.01. The zero-order valence-electron chi connectivity index (χ0n) is 8.31. The number of hydrogen-bond donors (Lipinski definition) is 1. The molecule has 0 amide bonds. The molecule has 0 fully saturated rings. The van der Waals surface area contributed by atoms with E-state index >= 15 is 0 Å². The average Bonchev–Trinajstić information content (AvgIpc) is 2.28. The number of fused-ring (bicyclic) bond motifs is 3. The van der Waals surface area contributed by atoms with E-state index in [1.807, 2.05) is 30.5 Å². The van der Waals surface area contributed by atoms with E-state index in [0.717, 1.165) is 21.8 Å². The third kappa shape index (κ3) is 1.55. The van der Waals surface area contributed by atoms with Crippen LogP contribution < -0.4 is 5.43 Å². The van der Waals surface area contributed by atoms with Gasteiger partial charge in [-0.3, -0.25) is 4.79 Å². The van der Waals surface area contributed by atoms with Crippen molar-refractivity contribution in [3.05, 3.63) is 52.9 Å². The van der Waals surface area contributed by atoms with E-state index in [2.05, 4.69) is 9.97 Å². The zero-order valence-corrected chi connectivity index (χ0v) is 9.12. The molecule has 3 rings (SSSR count). The van der Waals surface area contributed by atoms with Crippen LogP contribution in [0.2, 0.25) is 0 Å². The predicted octanol–water partition coefficient (Wildman–Crippen LogP) is 2.50. The Labute approximate surface area is 97.5 Å². The molecular formula is C12H9ClN2O. The van der Waals surface area contributed by atoms with E-state index in [4.69, 9.17) is 0 Å². The van der Waals surface area contributed by atoms with Gasteiger partial charge in [0.05, 0.1) is 17.2 Å². The number of aromatic nitrogens is 2. The summed E-state index contributed by atoms with van der Waals surface area (Å²) in [6.07, 6.45) is 3.21. The van der Waals surface area contributed by atoms with Gasteiger partial charge in [-0.1, -0.05) is 18.2 Å². The molecule has 0 spiro atoms. The van der Waals surface area contributed by atoms with Gasteiger partial charge in [0.25, 0.3) is 0 Å². The van der Waals surface area contributed by atoms with Crippen LogP contribution in [0.25, 0.3) is 21.8 Å². The molecule has 0 bridgehead atoms. The Bertz CT molecular complexity index is 706. The topological polar surface area (TPSA) is 45.8 Å². The molecule has 80 valence electrons. The largest absolute Gasteiger partial charge is 0.359 e. The van der Waals surface area contributed by atoms with Crippen molar-refractivity contribution in [3.63, 3.8) is 0 Å². The smallest absolute Gasteiger partial charge is 0.197 e. The maximum absolute atomic E-state index is 11.1. The van der Waals surface area contributed by atoms with Gasteiger partial charge in [-0.25, -0.2) is 4.98 Å². The van der Waals surface area contributed by atoms with Crippen LogP contribution in [0.4, 0.5) is 0 Å². The summed E-state index contributed by atoms with van der Waals surface area (Å²) in [5.74, 6) is 0. The molecule has 0 radical (unpaired) electrons. The summed E-state index contributed by atoms with van der Waals surface area (Å²) in [7, 11) is 0. The summed E-state index contributed by atoms with van der Waals surface area (Å²) in [4.78, 5) is 18.5. The van der Waals surface area contributed by atoms with Gasteiger partial charge in [-0.15, -0.1) is 12.4 Å². The first-order valence-corrected chi connectivity index (χ1v) is 4.71. The standard InChI is InChI=1S/C12H8N2O.ClH/c15-10-6-9-4-3-8-2-1-5-13-11(8)12(9)14-7-10;/h1-7,13H;1H. The zero-order chi connectivity index (χ0) is 10.3. The first kappa shape index (κ1) is 10.6. The molecule has 3 nitrogen and oxygen atoms in total. The molecule has 0 aliphatic carbocycles. The van der Waals surface area contributed by atoms with Gasteiger partial charge >= 0.3 is 0 Å². The third-order valence-corrected chi connectivity index (χ3v) is 2.46. The van der Waals surface area contributed by atoms with E-state index in [1.54, 1.807) is 6.07 Å². The van der Waals surface area contributed by atoms with Crippen molar-refractivity contribution in [2.75, 3.05) is 0 Å². The average molecular weight is 233 g/mol. The van der Waals surface area contributed by atoms with Crippen LogP contribution in [0, 0.1) is 0 Å². The van der Waals surface area contributed by atoms with Gasteiger partial charge < -0.3 is 4.98 Å². The highest BCUT2D eigenvalue weighted by Crippen LogP contribution is 2.19. The summed E-state index contributed by atoms with van der Waals surface area (Å²) in [6.45, 7) is 0. The van der Waals surface area contributed by atoms with E-state index in [0.29, 0.717) is 0 Å². The highest BCUT2D eigenvalue weighted by molar-refractivity contribution is 6.02. The summed E-state index contributed by atoms with van der Waals surface area (Å²) in [5.41, 5.74) is 1.75. The minimum absolute atomic E-state index is 0. The van der Waals surface area contributed by atoms with Crippen LogP contribution >= 0.6 is 12.4 Å². The SMILES string of the molecule is Cl.O=c1cnc2c(ccc3ccc[nH]c32)c1. The number of benzene rings is 1. The molecule has 0 saturated heterocycles. The van der Waals surface area contributed by atoms with Crippen molar-refractivity contribution in [3.8, 4) is 0 Å². The van der Waals surface area contributed by atoms with Crippen LogP contribution in [0.5, 0.6) is 0 Å². The third-order valence-electron chi connectivity index (χ3n) is 2.46. The summed E-state index contributed by atoms with van der Waals surface area (Å²) in [6, 6.07) is 9.45. The second kappa shape index (κ2) is 3.94. The highest BCUT2D eigenvalue weighted by atomic mass is 35.5. The van der Waals surface area contributed by atoms with E-state index in [9.17, 15) is 4.79 Å². The number of nitrogens with zero attached hydrogens (tertiary/aromatic N) is 1. The molecule has 0 aliphatic heterocycles. The Hall–Kier alpha value is -1.87. The molecule has 3 aromatic rings. The Morgan fingerprint density at radius 3 is 2.81 bits per heavy atom. The number of nitrogens with one attached hydrogen (secondary N) is 1. The molecule has 0 unspecified atom stereocenters. The summed E-state index contributed by atoms with van der Waals surface area (Å²) in [5, 5.41) is 1.97. The van der Waals surface area contributed by atoms with Crippen molar-refractivity contribution < 1.29 is 0 Å². The Balaban J connectivity index is 0.000000963. The normalized spacial score (nSPS) is 10.2. The van der Waals surface area contributed by atoms with Crippen LogP contribution in [-0.4, -0.2) is 9.97 Å². The molecule has 2 aromatic heterocycles. The first-order valence-electron chi connectivity index (χ1n) is 4.71. The van der Waals surface area contributed by atoms with Crippen LogP contribution in [0.15, 0.2) is 47.5 Å². The molecule has 1 aromatic carbocycles.